The van der Waals surface area contributed by atoms with E-state index in [1.165, 1.54) is 6.42 Å². The molecule has 4 aromatic rings. The van der Waals surface area contributed by atoms with Gasteiger partial charge in [-0.3, -0.25) is 0 Å². The van der Waals surface area contributed by atoms with Crippen LogP contribution in [-0.4, -0.2) is 51.4 Å². The number of hydrogen-bond acceptors (Lipinski definition) is 8. The number of nitrogens with zero attached hydrogens (tertiary/aromatic N) is 4. The quantitative estimate of drug-likeness (QED) is 0.392. The molecule has 10 heteroatoms. The average molecular weight is 478 g/mol. The summed E-state index contributed by atoms with van der Waals surface area (Å²) in [6.45, 7) is 2.04. The second kappa shape index (κ2) is 8.45. The van der Waals surface area contributed by atoms with E-state index in [1.807, 2.05) is 48.7 Å². The second-order valence-electron chi connectivity index (χ2n) is 8.21. The van der Waals surface area contributed by atoms with Gasteiger partial charge in [0.05, 0.1) is 15.1 Å². The monoisotopic (exact) mass is 477 g/mol. The summed E-state index contributed by atoms with van der Waals surface area (Å²) in [5.74, 6) is 2.48. The summed E-state index contributed by atoms with van der Waals surface area (Å²) in [5, 5.41) is 7.74. The minimum Gasteiger partial charge on any atom is -0.351 e. The number of fused-ring (bicyclic) bond motifs is 3. The molecule has 2 bridgehead atoms. The molecular weight excluding hydrogens is 454 g/mol. The van der Waals surface area contributed by atoms with Crippen LogP contribution >= 0.6 is 11.3 Å². The fourth-order valence-corrected chi connectivity index (χ4v) is 6.10. The highest BCUT2D eigenvalue weighted by molar-refractivity contribution is 7.83. The van der Waals surface area contributed by atoms with Gasteiger partial charge in [-0.15, -0.1) is 11.3 Å². The van der Waals surface area contributed by atoms with E-state index in [9.17, 15) is 4.21 Å². The molecule has 168 valence electrons. The van der Waals surface area contributed by atoms with Gasteiger partial charge >= 0.3 is 0 Å². The standard InChI is InChI=1S/C23H23N7OS2/c1-24-33(31)17-5-2-4-14(8-17)23-27-18-10-21(26-12-19(18)32-23)28-20-6-3-7-22(29-20)30-13-15-9-16(30)11-25-15/h2-8,10,12,15-16,24-25H,9,11,13H2,1H3,(H,26,28,29). The molecule has 3 N–H and O–H groups in total. The number of piperazine rings is 1. The minimum atomic E-state index is -1.23. The molecule has 2 aliphatic heterocycles. The van der Waals surface area contributed by atoms with Crippen LogP contribution in [0, 0.1) is 0 Å². The van der Waals surface area contributed by atoms with Gasteiger partial charge in [0, 0.05) is 43.0 Å². The van der Waals surface area contributed by atoms with Gasteiger partial charge in [0.25, 0.3) is 0 Å². The zero-order chi connectivity index (χ0) is 22.4. The molecule has 33 heavy (non-hydrogen) atoms. The normalized spacial score (nSPS) is 20.5. The second-order valence-corrected chi connectivity index (χ2v) is 10.7. The van der Waals surface area contributed by atoms with Crippen LogP contribution in [0.5, 0.6) is 0 Å². The molecule has 0 radical (unpaired) electrons. The van der Waals surface area contributed by atoms with E-state index < -0.39 is 11.0 Å². The summed E-state index contributed by atoms with van der Waals surface area (Å²) in [6.07, 6.45) is 3.03. The first-order valence-corrected chi connectivity index (χ1v) is 12.8. The molecule has 0 saturated carbocycles. The molecule has 1 aromatic carbocycles. The Labute approximate surface area is 198 Å². The first-order chi connectivity index (χ1) is 16.2. The van der Waals surface area contributed by atoms with Crippen LogP contribution in [0.15, 0.2) is 59.6 Å². The molecule has 8 nitrogen and oxygen atoms in total. The van der Waals surface area contributed by atoms with Gasteiger partial charge in [0.15, 0.2) is 0 Å². The molecule has 3 atom stereocenters. The predicted octanol–water partition coefficient (Wildman–Crippen LogP) is 3.29. The number of benzene rings is 1. The summed E-state index contributed by atoms with van der Waals surface area (Å²) in [4.78, 5) is 17.3. The Morgan fingerprint density at radius 3 is 2.88 bits per heavy atom. The van der Waals surface area contributed by atoms with E-state index in [4.69, 9.17) is 9.97 Å². The van der Waals surface area contributed by atoms with Crippen molar-refractivity contribution in [3.8, 4) is 10.6 Å². The molecule has 3 unspecified atom stereocenters. The van der Waals surface area contributed by atoms with Crippen LogP contribution in [0.3, 0.4) is 0 Å². The van der Waals surface area contributed by atoms with E-state index in [1.54, 1.807) is 18.4 Å². The van der Waals surface area contributed by atoms with E-state index in [-0.39, 0.29) is 0 Å². The Hall–Kier alpha value is -2.92. The Balaban J connectivity index is 1.25. The molecule has 0 amide bonds. The highest BCUT2D eigenvalue weighted by atomic mass is 32.2. The number of nitrogens with one attached hydrogen (secondary N) is 3. The van der Waals surface area contributed by atoms with E-state index in [2.05, 4.69) is 31.3 Å². The molecule has 2 saturated heterocycles. The Bertz CT molecular complexity index is 1360. The topological polar surface area (TPSA) is 95.1 Å². The molecule has 2 fully saturated rings. The first kappa shape index (κ1) is 20.7. The maximum absolute atomic E-state index is 12.1. The van der Waals surface area contributed by atoms with E-state index >= 15 is 0 Å². The lowest BCUT2D eigenvalue weighted by atomic mass is 10.2. The summed E-state index contributed by atoms with van der Waals surface area (Å²) in [7, 11) is 0.447. The zero-order valence-corrected chi connectivity index (χ0v) is 19.6. The van der Waals surface area contributed by atoms with Crippen LogP contribution in [0.1, 0.15) is 6.42 Å². The fourth-order valence-electron chi connectivity index (χ4n) is 4.51. The number of pyridine rings is 2. The predicted molar refractivity (Wildman–Crippen MR) is 133 cm³/mol. The highest BCUT2D eigenvalue weighted by Crippen LogP contribution is 2.32. The molecule has 2 aliphatic rings. The lowest BCUT2D eigenvalue weighted by Gasteiger charge is -2.28. The lowest BCUT2D eigenvalue weighted by molar-refractivity contribution is 0.576. The van der Waals surface area contributed by atoms with Crippen molar-refractivity contribution in [2.45, 2.75) is 23.4 Å². The molecule has 0 spiro atoms. The third-order valence-corrected chi connectivity index (χ3v) is 8.20. The number of thiazole rings is 1. The molecule has 0 aliphatic carbocycles. The molecule has 5 heterocycles. The number of aromatic nitrogens is 3. The van der Waals surface area contributed by atoms with Gasteiger partial charge in [-0.2, -0.15) is 0 Å². The van der Waals surface area contributed by atoms with Crippen molar-refractivity contribution in [2.24, 2.45) is 0 Å². The summed E-state index contributed by atoms with van der Waals surface area (Å²) >= 11 is 1.57. The number of rotatable bonds is 6. The SMILES string of the molecule is CNS(=O)c1cccc(-c2nc3cc(Nc4cccc(N5CC6CC5CN6)n4)ncc3s2)c1. The van der Waals surface area contributed by atoms with Crippen molar-refractivity contribution >= 4 is 50.0 Å². The largest absolute Gasteiger partial charge is 0.351 e. The van der Waals surface area contributed by atoms with Gasteiger partial charge < -0.3 is 15.5 Å². The Morgan fingerprint density at radius 2 is 2.06 bits per heavy atom. The summed E-state index contributed by atoms with van der Waals surface area (Å²) in [5.41, 5.74) is 1.81. The van der Waals surface area contributed by atoms with Crippen molar-refractivity contribution in [1.82, 2.24) is 25.0 Å². The van der Waals surface area contributed by atoms with Crippen molar-refractivity contribution in [3.05, 3.63) is 54.7 Å². The highest BCUT2D eigenvalue weighted by Gasteiger charge is 2.38. The number of anilines is 3. The lowest BCUT2D eigenvalue weighted by Crippen LogP contribution is -2.44. The zero-order valence-electron chi connectivity index (χ0n) is 18.0. The Morgan fingerprint density at radius 1 is 1.15 bits per heavy atom. The van der Waals surface area contributed by atoms with E-state index in [0.29, 0.717) is 17.9 Å². The third-order valence-electron chi connectivity index (χ3n) is 6.10. The summed E-state index contributed by atoms with van der Waals surface area (Å²) < 4.78 is 15.9. The van der Waals surface area contributed by atoms with Crippen LogP contribution in [0.2, 0.25) is 0 Å². The van der Waals surface area contributed by atoms with Gasteiger partial charge in [-0.05, 0) is 37.7 Å². The molecule has 3 aromatic heterocycles. The van der Waals surface area contributed by atoms with Crippen LogP contribution in [0.4, 0.5) is 17.5 Å². The van der Waals surface area contributed by atoms with Crippen molar-refractivity contribution < 1.29 is 4.21 Å². The third kappa shape index (κ3) is 3.99. The molecular formula is C23H23N7OS2. The van der Waals surface area contributed by atoms with Crippen LogP contribution in [-0.2, 0) is 11.0 Å². The van der Waals surface area contributed by atoms with Gasteiger partial charge in [-0.1, -0.05) is 18.2 Å². The van der Waals surface area contributed by atoms with Gasteiger partial charge in [0.2, 0.25) is 0 Å². The van der Waals surface area contributed by atoms with E-state index in [0.717, 1.165) is 50.4 Å². The van der Waals surface area contributed by atoms with Crippen molar-refractivity contribution in [2.75, 3.05) is 30.4 Å². The maximum atomic E-state index is 12.1. The van der Waals surface area contributed by atoms with Crippen molar-refractivity contribution in [3.63, 3.8) is 0 Å². The first-order valence-electron chi connectivity index (χ1n) is 10.9. The molecule has 6 rings (SSSR count). The van der Waals surface area contributed by atoms with Crippen LogP contribution < -0.4 is 20.3 Å². The number of hydrogen-bond donors (Lipinski definition) is 3. The van der Waals surface area contributed by atoms with Gasteiger partial charge in [0.1, 0.15) is 33.4 Å². The maximum Gasteiger partial charge on any atom is 0.133 e. The van der Waals surface area contributed by atoms with Crippen LogP contribution in [0.25, 0.3) is 20.8 Å². The smallest absolute Gasteiger partial charge is 0.133 e. The minimum absolute atomic E-state index is 0.532. The average Bonchev–Trinajstić information content (AvgIpc) is 3.59. The Kier molecular flexibility index (Phi) is 5.30. The van der Waals surface area contributed by atoms with Crippen molar-refractivity contribution in [1.29, 1.82) is 0 Å². The fraction of sp³-hybridized carbons (Fsp3) is 0.261. The van der Waals surface area contributed by atoms with Gasteiger partial charge in [-0.25, -0.2) is 23.9 Å². The summed E-state index contributed by atoms with van der Waals surface area (Å²) in [6, 6.07) is 16.8.